The van der Waals surface area contributed by atoms with Crippen LogP contribution in [0.4, 0.5) is 11.9 Å². The van der Waals surface area contributed by atoms with Crippen molar-refractivity contribution in [1.82, 2.24) is 29.5 Å². The Bertz CT molecular complexity index is 703. The molecule has 1 atom stereocenters. The molecule has 24 heavy (non-hydrogen) atoms. The largest absolute Gasteiger partial charge is 0.368 e. The summed E-state index contributed by atoms with van der Waals surface area (Å²) in [6, 6.07) is 4.49. The Morgan fingerprint density at radius 3 is 2.75 bits per heavy atom. The third-order valence-corrected chi connectivity index (χ3v) is 4.29. The van der Waals surface area contributed by atoms with Crippen LogP contribution >= 0.6 is 0 Å². The number of nitrogen functional groups attached to an aromatic ring is 2. The summed E-state index contributed by atoms with van der Waals surface area (Å²) in [6.07, 6.45) is 7.13. The molecule has 3 heterocycles. The molecule has 2 aromatic rings. The van der Waals surface area contributed by atoms with Crippen LogP contribution in [0.3, 0.4) is 0 Å². The first-order chi connectivity index (χ1) is 11.5. The van der Waals surface area contributed by atoms with Gasteiger partial charge in [-0.15, -0.1) is 5.10 Å². The topological polar surface area (TPSA) is 102 Å². The number of aromatic nitrogens is 4. The van der Waals surface area contributed by atoms with Crippen molar-refractivity contribution < 1.29 is 0 Å². The van der Waals surface area contributed by atoms with E-state index in [9.17, 15) is 0 Å². The molecule has 0 spiro atoms. The van der Waals surface area contributed by atoms with Crippen LogP contribution in [0.5, 0.6) is 0 Å². The molecule has 1 aliphatic rings. The Kier molecular flexibility index (Phi) is 4.77. The summed E-state index contributed by atoms with van der Waals surface area (Å²) < 4.78 is 1.47. The van der Waals surface area contributed by atoms with Gasteiger partial charge in [0.05, 0.1) is 17.6 Å². The quantitative estimate of drug-likeness (QED) is 0.823. The number of rotatable bonds is 5. The van der Waals surface area contributed by atoms with E-state index in [4.69, 9.17) is 11.5 Å². The number of anilines is 2. The molecule has 8 heteroatoms. The minimum absolute atomic E-state index is 0.151. The van der Waals surface area contributed by atoms with E-state index in [0.717, 1.165) is 31.0 Å². The van der Waals surface area contributed by atoms with E-state index in [0.29, 0.717) is 6.04 Å². The van der Waals surface area contributed by atoms with Crippen molar-refractivity contribution in [2.24, 2.45) is 0 Å². The third kappa shape index (κ3) is 3.72. The second kappa shape index (κ2) is 6.98. The molecular weight excluding hydrogens is 304 g/mol. The maximum atomic E-state index is 5.75. The van der Waals surface area contributed by atoms with Gasteiger partial charge in [-0.1, -0.05) is 6.08 Å². The zero-order valence-electron chi connectivity index (χ0n) is 14.1. The fourth-order valence-electron chi connectivity index (χ4n) is 2.87. The molecule has 128 valence electrons. The van der Waals surface area contributed by atoms with E-state index >= 15 is 0 Å². The van der Waals surface area contributed by atoms with Crippen molar-refractivity contribution in [1.29, 1.82) is 0 Å². The van der Waals surface area contributed by atoms with Gasteiger partial charge >= 0.3 is 0 Å². The SMILES string of the molecule is CN(C)C1CCN(CC=Cc2ccc(-n3nc(N)nc3N)cn2)C1. The van der Waals surface area contributed by atoms with Gasteiger partial charge in [0.1, 0.15) is 0 Å². The first kappa shape index (κ1) is 16.4. The molecule has 1 saturated heterocycles. The second-order valence-electron chi connectivity index (χ2n) is 6.25. The van der Waals surface area contributed by atoms with Crippen LogP contribution in [0.2, 0.25) is 0 Å². The first-order valence-electron chi connectivity index (χ1n) is 8.02. The molecule has 0 bridgehead atoms. The normalized spacial score (nSPS) is 18.9. The smallest absolute Gasteiger partial charge is 0.241 e. The van der Waals surface area contributed by atoms with Gasteiger partial charge in [-0.2, -0.15) is 9.67 Å². The van der Waals surface area contributed by atoms with Crippen molar-refractivity contribution in [3.63, 3.8) is 0 Å². The van der Waals surface area contributed by atoms with E-state index in [1.807, 2.05) is 18.2 Å². The summed E-state index contributed by atoms with van der Waals surface area (Å²) in [5.41, 5.74) is 12.9. The second-order valence-corrected chi connectivity index (χ2v) is 6.25. The van der Waals surface area contributed by atoms with Crippen LogP contribution in [-0.2, 0) is 0 Å². The highest BCUT2D eigenvalue weighted by Gasteiger charge is 2.22. The molecule has 0 radical (unpaired) electrons. The number of pyridine rings is 1. The summed E-state index contributed by atoms with van der Waals surface area (Å²) in [4.78, 5) is 13.0. The highest BCUT2D eigenvalue weighted by Crippen LogP contribution is 2.14. The Balaban J connectivity index is 1.57. The lowest BCUT2D eigenvalue weighted by Crippen LogP contribution is -2.31. The van der Waals surface area contributed by atoms with Crippen LogP contribution in [0.1, 0.15) is 12.1 Å². The van der Waals surface area contributed by atoms with Crippen molar-refractivity contribution in [3.8, 4) is 5.69 Å². The van der Waals surface area contributed by atoms with Gasteiger partial charge in [0, 0.05) is 25.7 Å². The highest BCUT2D eigenvalue weighted by atomic mass is 15.4. The summed E-state index contributed by atoms with van der Waals surface area (Å²) in [6.45, 7) is 3.21. The predicted octanol–water partition coefficient (Wildman–Crippen LogP) is 0.476. The van der Waals surface area contributed by atoms with Crippen LogP contribution < -0.4 is 11.5 Å². The van der Waals surface area contributed by atoms with E-state index in [1.54, 1.807) is 6.20 Å². The Morgan fingerprint density at radius 2 is 2.17 bits per heavy atom. The standard InChI is InChI=1S/C16H24N8/c1-22(2)14-7-9-23(11-14)8-3-4-12-5-6-13(10-19-12)24-16(18)20-15(17)21-24/h3-6,10,14H,7-9,11H2,1-2H3,(H4,17,18,20,21). The zero-order valence-corrected chi connectivity index (χ0v) is 14.1. The van der Waals surface area contributed by atoms with Gasteiger partial charge in [-0.25, -0.2) is 0 Å². The van der Waals surface area contributed by atoms with Crippen molar-refractivity contribution in [2.45, 2.75) is 12.5 Å². The molecule has 0 amide bonds. The lowest BCUT2D eigenvalue weighted by atomic mass is 10.2. The van der Waals surface area contributed by atoms with E-state index in [2.05, 4.69) is 45.0 Å². The fourth-order valence-corrected chi connectivity index (χ4v) is 2.87. The summed E-state index contributed by atoms with van der Waals surface area (Å²) in [7, 11) is 4.29. The minimum Gasteiger partial charge on any atom is -0.368 e. The number of likely N-dealkylation sites (N-methyl/N-ethyl adjacent to an activating group) is 1. The lowest BCUT2D eigenvalue weighted by Gasteiger charge is -2.19. The van der Waals surface area contributed by atoms with Gasteiger partial charge in [-0.05, 0) is 38.7 Å². The van der Waals surface area contributed by atoms with Gasteiger partial charge < -0.3 is 16.4 Å². The van der Waals surface area contributed by atoms with Crippen LogP contribution in [0.15, 0.2) is 24.4 Å². The van der Waals surface area contributed by atoms with Gasteiger partial charge in [0.25, 0.3) is 0 Å². The summed E-state index contributed by atoms with van der Waals surface area (Å²) in [5, 5.41) is 4.04. The molecule has 8 nitrogen and oxygen atoms in total. The Hall–Kier alpha value is -2.45. The maximum absolute atomic E-state index is 5.75. The third-order valence-electron chi connectivity index (χ3n) is 4.29. The molecule has 0 saturated carbocycles. The molecule has 1 unspecified atom stereocenters. The molecule has 3 rings (SSSR count). The molecule has 0 aromatic carbocycles. The van der Waals surface area contributed by atoms with Crippen LogP contribution in [0, 0.1) is 0 Å². The summed E-state index contributed by atoms with van der Waals surface area (Å²) in [5.74, 6) is 0.403. The van der Waals surface area contributed by atoms with Crippen molar-refractivity contribution in [2.75, 3.05) is 45.2 Å². The van der Waals surface area contributed by atoms with E-state index in [1.165, 1.54) is 11.1 Å². The predicted molar refractivity (Wildman–Crippen MR) is 95.5 cm³/mol. The fraction of sp³-hybridized carbons (Fsp3) is 0.438. The zero-order chi connectivity index (χ0) is 17.1. The number of hydrogen-bond donors (Lipinski definition) is 2. The summed E-state index contributed by atoms with van der Waals surface area (Å²) >= 11 is 0. The van der Waals surface area contributed by atoms with Crippen LogP contribution in [-0.4, -0.2) is 69.3 Å². The van der Waals surface area contributed by atoms with E-state index in [-0.39, 0.29) is 11.9 Å². The molecule has 4 N–H and O–H groups in total. The minimum atomic E-state index is 0.151. The lowest BCUT2D eigenvalue weighted by molar-refractivity contribution is 0.280. The first-order valence-corrected chi connectivity index (χ1v) is 8.02. The number of nitrogens with zero attached hydrogens (tertiary/aromatic N) is 6. The average molecular weight is 328 g/mol. The average Bonchev–Trinajstić information content (AvgIpc) is 3.15. The van der Waals surface area contributed by atoms with Crippen molar-refractivity contribution >= 4 is 18.0 Å². The van der Waals surface area contributed by atoms with Gasteiger partial charge in [0.15, 0.2) is 0 Å². The number of nitrogens with two attached hydrogens (primary N) is 2. The molecular formula is C16H24N8. The number of likely N-dealkylation sites (tertiary alicyclic amines) is 1. The Morgan fingerprint density at radius 1 is 1.33 bits per heavy atom. The molecule has 2 aromatic heterocycles. The maximum Gasteiger partial charge on any atom is 0.241 e. The van der Waals surface area contributed by atoms with Gasteiger partial charge in [0.2, 0.25) is 11.9 Å². The van der Waals surface area contributed by atoms with Gasteiger partial charge in [-0.3, -0.25) is 9.88 Å². The molecule has 1 fully saturated rings. The van der Waals surface area contributed by atoms with E-state index < -0.39 is 0 Å². The highest BCUT2D eigenvalue weighted by molar-refractivity contribution is 5.48. The van der Waals surface area contributed by atoms with Crippen LogP contribution in [0.25, 0.3) is 11.8 Å². The molecule has 1 aliphatic heterocycles. The molecule has 0 aliphatic carbocycles. The number of hydrogen-bond acceptors (Lipinski definition) is 7. The Labute approximate surface area is 141 Å². The van der Waals surface area contributed by atoms with Crippen molar-refractivity contribution in [3.05, 3.63) is 30.1 Å². The monoisotopic (exact) mass is 328 g/mol.